The molecule has 2 aromatic carbocycles. The van der Waals surface area contributed by atoms with Crippen LogP contribution in [-0.4, -0.2) is 36.6 Å². The monoisotopic (exact) mass is 380 g/mol. The van der Waals surface area contributed by atoms with Gasteiger partial charge in [-0.05, 0) is 48.6 Å². The van der Waals surface area contributed by atoms with E-state index in [4.69, 9.17) is 9.47 Å². The van der Waals surface area contributed by atoms with E-state index in [1.54, 1.807) is 30.3 Å². The number of benzene rings is 2. The predicted molar refractivity (Wildman–Crippen MR) is 106 cm³/mol. The Morgan fingerprint density at radius 3 is 2.50 bits per heavy atom. The van der Waals surface area contributed by atoms with Crippen LogP contribution in [0.5, 0.6) is 11.5 Å². The number of nitrogens with one attached hydrogen (secondary N) is 1. The van der Waals surface area contributed by atoms with Crippen LogP contribution >= 0.6 is 0 Å². The third-order valence-electron chi connectivity index (χ3n) is 5.20. The van der Waals surface area contributed by atoms with E-state index in [-0.39, 0.29) is 18.6 Å². The second-order valence-electron chi connectivity index (χ2n) is 7.72. The van der Waals surface area contributed by atoms with E-state index in [9.17, 15) is 9.59 Å². The first kappa shape index (κ1) is 18.3. The summed E-state index contributed by atoms with van der Waals surface area (Å²) in [6, 6.07) is 12.2. The summed E-state index contributed by atoms with van der Waals surface area (Å²) >= 11 is 0. The number of amides is 2. The van der Waals surface area contributed by atoms with E-state index in [1.165, 1.54) is 0 Å². The van der Waals surface area contributed by atoms with Gasteiger partial charge < -0.3 is 19.7 Å². The number of hydrogen-bond donors (Lipinski definition) is 1. The molecule has 2 amide bonds. The normalized spacial score (nSPS) is 20.7. The maximum atomic E-state index is 13.1. The largest absolute Gasteiger partial charge is 0.454 e. The van der Waals surface area contributed by atoms with Crippen molar-refractivity contribution in [2.45, 2.75) is 20.3 Å². The number of carbonyl (C=O) groups is 2. The fraction of sp³-hybridized carbons (Fsp3) is 0.364. The van der Waals surface area contributed by atoms with Crippen molar-refractivity contribution in [3.63, 3.8) is 0 Å². The minimum absolute atomic E-state index is 0.0417. The lowest BCUT2D eigenvalue weighted by molar-refractivity contribution is 0.0624. The molecule has 0 saturated carbocycles. The minimum Gasteiger partial charge on any atom is -0.454 e. The van der Waals surface area contributed by atoms with Crippen molar-refractivity contribution in [2.75, 3.05) is 25.2 Å². The molecule has 2 heterocycles. The van der Waals surface area contributed by atoms with E-state index in [2.05, 4.69) is 19.2 Å². The van der Waals surface area contributed by atoms with Crippen molar-refractivity contribution in [2.24, 2.45) is 11.8 Å². The number of para-hydroxylation sites is 1. The summed E-state index contributed by atoms with van der Waals surface area (Å²) in [6.07, 6.45) is 1.13. The molecule has 1 N–H and O–H groups in total. The highest BCUT2D eigenvalue weighted by molar-refractivity contribution is 6.09. The molecule has 2 aliphatic rings. The lowest BCUT2D eigenvalue weighted by Gasteiger charge is -2.35. The number of hydrogen-bond acceptors (Lipinski definition) is 4. The lowest BCUT2D eigenvalue weighted by Crippen LogP contribution is -2.42. The Labute approximate surface area is 164 Å². The van der Waals surface area contributed by atoms with Gasteiger partial charge in [0.2, 0.25) is 6.79 Å². The summed E-state index contributed by atoms with van der Waals surface area (Å²) in [4.78, 5) is 27.8. The van der Waals surface area contributed by atoms with Crippen LogP contribution in [0, 0.1) is 11.8 Å². The maximum Gasteiger partial charge on any atom is 0.255 e. The Kier molecular flexibility index (Phi) is 4.94. The van der Waals surface area contributed by atoms with Crippen LogP contribution in [0.25, 0.3) is 0 Å². The van der Waals surface area contributed by atoms with Gasteiger partial charge in [0, 0.05) is 18.7 Å². The van der Waals surface area contributed by atoms with Gasteiger partial charge in [-0.15, -0.1) is 0 Å². The first-order valence-corrected chi connectivity index (χ1v) is 9.60. The second-order valence-corrected chi connectivity index (χ2v) is 7.72. The number of rotatable bonds is 3. The first-order chi connectivity index (χ1) is 13.5. The topological polar surface area (TPSA) is 67.9 Å². The van der Waals surface area contributed by atoms with Crippen molar-refractivity contribution in [3.8, 4) is 11.5 Å². The molecule has 0 aromatic heterocycles. The molecule has 146 valence electrons. The van der Waals surface area contributed by atoms with Gasteiger partial charge in [-0.2, -0.15) is 0 Å². The standard InChI is InChI=1S/C22H24N2O4/c1-14-9-15(2)12-24(11-14)22(26)17-5-3-4-6-18(17)23-21(25)16-7-8-19-20(10-16)28-13-27-19/h3-8,10,14-15H,9,11-13H2,1-2H3,(H,23,25)/t14-,15-/m0/s1. The smallest absolute Gasteiger partial charge is 0.255 e. The summed E-state index contributed by atoms with van der Waals surface area (Å²) < 4.78 is 10.6. The Morgan fingerprint density at radius 1 is 1.00 bits per heavy atom. The van der Waals surface area contributed by atoms with Crippen molar-refractivity contribution in [1.29, 1.82) is 0 Å². The number of piperidine rings is 1. The Morgan fingerprint density at radius 2 is 1.71 bits per heavy atom. The first-order valence-electron chi connectivity index (χ1n) is 9.60. The molecular weight excluding hydrogens is 356 g/mol. The van der Waals surface area contributed by atoms with Gasteiger partial charge in [-0.25, -0.2) is 0 Å². The predicted octanol–water partition coefficient (Wildman–Crippen LogP) is 3.79. The van der Waals surface area contributed by atoms with Gasteiger partial charge in [-0.1, -0.05) is 26.0 Å². The fourth-order valence-corrected chi connectivity index (χ4v) is 4.01. The van der Waals surface area contributed by atoms with Gasteiger partial charge in [0.25, 0.3) is 11.8 Å². The van der Waals surface area contributed by atoms with Gasteiger partial charge in [-0.3, -0.25) is 9.59 Å². The zero-order valence-corrected chi connectivity index (χ0v) is 16.1. The van der Waals surface area contributed by atoms with Crippen molar-refractivity contribution >= 4 is 17.5 Å². The maximum absolute atomic E-state index is 13.1. The number of likely N-dealkylation sites (tertiary alicyclic amines) is 1. The van der Waals surface area contributed by atoms with Crippen LogP contribution in [0.1, 0.15) is 41.0 Å². The highest BCUT2D eigenvalue weighted by atomic mass is 16.7. The minimum atomic E-state index is -0.293. The Hall–Kier alpha value is -3.02. The molecule has 0 unspecified atom stereocenters. The summed E-state index contributed by atoms with van der Waals surface area (Å²) in [5.74, 6) is 1.79. The number of fused-ring (bicyclic) bond motifs is 1. The summed E-state index contributed by atoms with van der Waals surface area (Å²) in [6.45, 7) is 5.98. The fourth-order valence-electron chi connectivity index (χ4n) is 4.01. The van der Waals surface area contributed by atoms with E-state index in [0.29, 0.717) is 40.1 Å². The van der Waals surface area contributed by atoms with E-state index >= 15 is 0 Å². The lowest BCUT2D eigenvalue weighted by atomic mass is 9.91. The molecule has 0 aliphatic carbocycles. The van der Waals surface area contributed by atoms with Crippen LogP contribution in [0.3, 0.4) is 0 Å². The van der Waals surface area contributed by atoms with Crippen molar-refractivity contribution < 1.29 is 19.1 Å². The van der Waals surface area contributed by atoms with Crippen LogP contribution in [-0.2, 0) is 0 Å². The van der Waals surface area contributed by atoms with Crippen molar-refractivity contribution in [1.82, 2.24) is 4.90 Å². The molecule has 28 heavy (non-hydrogen) atoms. The molecule has 2 aliphatic heterocycles. The number of anilines is 1. The molecule has 0 radical (unpaired) electrons. The zero-order valence-electron chi connectivity index (χ0n) is 16.1. The Bertz CT molecular complexity index is 901. The molecule has 6 heteroatoms. The van der Waals surface area contributed by atoms with E-state index in [0.717, 1.165) is 19.5 Å². The molecule has 1 fully saturated rings. The van der Waals surface area contributed by atoms with Gasteiger partial charge in [0.05, 0.1) is 11.3 Å². The third-order valence-corrected chi connectivity index (χ3v) is 5.20. The molecular formula is C22H24N2O4. The zero-order chi connectivity index (χ0) is 19.7. The molecule has 0 bridgehead atoms. The van der Waals surface area contributed by atoms with E-state index < -0.39 is 0 Å². The number of ether oxygens (including phenoxy) is 2. The Balaban J connectivity index is 1.54. The highest BCUT2D eigenvalue weighted by Gasteiger charge is 2.27. The SMILES string of the molecule is C[C@H]1C[C@H](C)CN(C(=O)c2ccccc2NC(=O)c2ccc3c(c2)OCO3)C1. The summed E-state index contributed by atoms with van der Waals surface area (Å²) in [7, 11) is 0. The molecule has 1 saturated heterocycles. The van der Waals surface area contributed by atoms with Gasteiger partial charge >= 0.3 is 0 Å². The quantitative estimate of drug-likeness (QED) is 0.880. The summed E-state index contributed by atoms with van der Waals surface area (Å²) in [5, 5.41) is 2.88. The van der Waals surface area contributed by atoms with Crippen LogP contribution < -0.4 is 14.8 Å². The van der Waals surface area contributed by atoms with Gasteiger partial charge in [0.1, 0.15) is 0 Å². The molecule has 4 rings (SSSR count). The number of carbonyl (C=O) groups excluding carboxylic acids is 2. The van der Waals surface area contributed by atoms with Gasteiger partial charge in [0.15, 0.2) is 11.5 Å². The van der Waals surface area contributed by atoms with Crippen LogP contribution in [0.15, 0.2) is 42.5 Å². The average Bonchev–Trinajstić information content (AvgIpc) is 3.15. The molecule has 2 atom stereocenters. The van der Waals surface area contributed by atoms with E-state index in [1.807, 2.05) is 17.0 Å². The van der Waals surface area contributed by atoms with Crippen LogP contribution in [0.2, 0.25) is 0 Å². The molecule has 2 aromatic rings. The summed E-state index contributed by atoms with van der Waals surface area (Å²) in [5.41, 5.74) is 1.48. The molecule has 0 spiro atoms. The highest BCUT2D eigenvalue weighted by Crippen LogP contribution is 2.33. The molecule has 6 nitrogen and oxygen atoms in total. The average molecular weight is 380 g/mol. The third kappa shape index (κ3) is 3.67. The number of nitrogens with zero attached hydrogens (tertiary/aromatic N) is 1. The van der Waals surface area contributed by atoms with Crippen molar-refractivity contribution in [3.05, 3.63) is 53.6 Å². The van der Waals surface area contributed by atoms with Crippen LogP contribution in [0.4, 0.5) is 5.69 Å². The second kappa shape index (κ2) is 7.54.